The fourth-order valence-electron chi connectivity index (χ4n) is 4.17. The zero-order chi connectivity index (χ0) is 14.4. The minimum Gasteiger partial charge on any atom is -0.311 e. The van der Waals surface area contributed by atoms with Gasteiger partial charge in [0, 0.05) is 12.1 Å². The molecule has 0 spiro atoms. The molecule has 1 saturated carbocycles. The van der Waals surface area contributed by atoms with Crippen molar-refractivity contribution < 1.29 is 0 Å². The molecule has 2 nitrogen and oxygen atoms in total. The summed E-state index contributed by atoms with van der Waals surface area (Å²) in [7, 11) is 0. The Hall–Kier alpha value is -0.0800. The summed E-state index contributed by atoms with van der Waals surface area (Å²) >= 11 is 0. The van der Waals surface area contributed by atoms with Gasteiger partial charge in [-0.25, -0.2) is 0 Å². The molecule has 0 aromatic carbocycles. The van der Waals surface area contributed by atoms with E-state index in [-0.39, 0.29) is 0 Å². The maximum absolute atomic E-state index is 4.04. The first-order valence-electron chi connectivity index (χ1n) is 9.19. The molecule has 1 aliphatic heterocycles. The lowest BCUT2D eigenvalue weighted by Crippen LogP contribution is -2.50. The van der Waals surface area contributed by atoms with Crippen LogP contribution in [0.3, 0.4) is 0 Å². The number of hydrogen-bond donors (Lipinski definition) is 1. The minimum absolute atomic E-state index is 0.789. The smallest absolute Gasteiger partial charge is 0.0100 e. The lowest BCUT2D eigenvalue weighted by Gasteiger charge is -2.40. The highest BCUT2D eigenvalue weighted by molar-refractivity contribution is 4.87. The van der Waals surface area contributed by atoms with Crippen LogP contribution in [0.1, 0.15) is 72.1 Å². The van der Waals surface area contributed by atoms with Crippen molar-refractivity contribution in [2.45, 2.75) is 84.2 Å². The van der Waals surface area contributed by atoms with Crippen molar-refractivity contribution in [3.63, 3.8) is 0 Å². The van der Waals surface area contributed by atoms with Gasteiger partial charge in [0.05, 0.1) is 0 Å². The Bertz CT molecular complexity index is 256. The molecule has 1 heterocycles. The van der Waals surface area contributed by atoms with E-state index < -0.39 is 0 Å². The van der Waals surface area contributed by atoms with Gasteiger partial charge in [-0.2, -0.15) is 0 Å². The van der Waals surface area contributed by atoms with Crippen molar-refractivity contribution in [2.75, 3.05) is 19.6 Å². The van der Waals surface area contributed by atoms with E-state index in [0.717, 1.165) is 23.9 Å². The summed E-state index contributed by atoms with van der Waals surface area (Å²) < 4.78 is 0. The third-order valence-corrected chi connectivity index (χ3v) is 5.54. The van der Waals surface area contributed by atoms with Gasteiger partial charge in [0.1, 0.15) is 0 Å². The number of rotatable bonds is 6. The Labute approximate surface area is 126 Å². The molecule has 2 unspecified atom stereocenters. The SMILES string of the molecule is CCCCN1CCC(NC2CCCCC2C(C)C)CC1. The molecule has 2 fully saturated rings. The molecule has 0 aromatic rings. The number of likely N-dealkylation sites (tertiary alicyclic amines) is 1. The van der Waals surface area contributed by atoms with E-state index in [2.05, 4.69) is 31.0 Å². The Morgan fingerprint density at radius 3 is 2.40 bits per heavy atom. The summed E-state index contributed by atoms with van der Waals surface area (Å²) in [4.78, 5) is 2.67. The topological polar surface area (TPSA) is 15.3 Å². The maximum atomic E-state index is 4.04. The molecule has 20 heavy (non-hydrogen) atoms. The molecule has 0 aromatic heterocycles. The zero-order valence-electron chi connectivity index (χ0n) is 14.0. The molecule has 0 amide bonds. The van der Waals surface area contributed by atoms with Gasteiger partial charge in [0.15, 0.2) is 0 Å². The summed E-state index contributed by atoms with van der Waals surface area (Å²) in [6.07, 6.45) is 11.2. The molecular formula is C18H36N2. The quantitative estimate of drug-likeness (QED) is 0.789. The van der Waals surface area contributed by atoms with Crippen LogP contribution in [0.25, 0.3) is 0 Å². The van der Waals surface area contributed by atoms with Crippen LogP contribution in [0.5, 0.6) is 0 Å². The molecule has 2 rings (SSSR count). The van der Waals surface area contributed by atoms with Crippen molar-refractivity contribution in [2.24, 2.45) is 11.8 Å². The largest absolute Gasteiger partial charge is 0.311 e. The van der Waals surface area contributed by atoms with Crippen molar-refractivity contribution >= 4 is 0 Å². The average molecular weight is 280 g/mol. The van der Waals surface area contributed by atoms with Gasteiger partial charge in [-0.3, -0.25) is 0 Å². The van der Waals surface area contributed by atoms with Crippen molar-refractivity contribution in [3.05, 3.63) is 0 Å². The molecule has 1 N–H and O–H groups in total. The molecule has 0 bridgehead atoms. The first-order chi connectivity index (χ1) is 9.70. The summed E-state index contributed by atoms with van der Waals surface area (Å²) in [6.45, 7) is 11.1. The average Bonchev–Trinajstić information content (AvgIpc) is 2.47. The lowest BCUT2D eigenvalue weighted by atomic mass is 9.77. The fraction of sp³-hybridized carbons (Fsp3) is 1.00. The van der Waals surface area contributed by atoms with E-state index in [1.807, 2.05) is 0 Å². The van der Waals surface area contributed by atoms with Crippen molar-refractivity contribution in [1.29, 1.82) is 0 Å². The molecule has 0 radical (unpaired) electrons. The van der Waals surface area contributed by atoms with E-state index in [9.17, 15) is 0 Å². The Balaban J connectivity index is 1.73. The molecule has 2 aliphatic rings. The molecular weight excluding hydrogens is 244 g/mol. The second-order valence-corrected chi connectivity index (χ2v) is 7.43. The third kappa shape index (κ3) is 4.73. The fourth-order valence-corrected chi connectivity index (χ4v) is 4.17. The van der Waals surface area contributed by atoms with Crippen molar-refractivity contribution in [1.82, 2.24) is 10.2 Å². The normalized spacial score (nSPS) is 30.0. The number of piperidine rings is 1. The van der Waals surface area contributed by atoms with E-state index >= 15 is 0 Å². The first-order valence-corrected chi connectivity index (χ1v) is 9.19. The monoisotopic (exact) mass is 280 g/mol. The maximum Gasteiger partial charge on any atom is 0.0100 e. The highest BCUT2D eigenvalue weighted by Crippen LogP contribution is 2.31. The van der Waals surface area contributed by atoms with Crippen LogP contribution in [0.15, 0.2) is 0 Å². The number of nitrogens with one attached hydrogen (secondary N) is 1. The zero-order valence-corrected chi connectivity index (χ0v) is 14.0. The Kier molecular flexibility index (Phi) is 6.83. The minimum atomic E-state index is 0.789. The Morgan fingerprint density at radius 2 is 1.75 bits per heavy atom. The summed E-state index contributed by atoms with van der Waals surface area (Å²) in [6, 6.07) is 1.59. The van der Waals surface area contributed by atoms with Crippen LogP contribution < -0.4 is 5.32 Å². The van der Waals surface area contributed by atoms with Gasteiger partial charge in [0.2, 0.25) is 0 Å². The second-order valence-electron chi connectivity index (χ2n) is 7.43. The lowest BCUT2D eigenvalue weighted by molar-refractivity contribution is 0.149. The predicted molar refractivity (Wildman–Crippen MR) is 88.1 cm³/mol. The van der Waals surface area contributed by atoms with E-state index in [1.165, 1.54) is 71.0 Å². The summed E-state index contributed by atoms with van der Waals surface area (Å²) in [5.74, 6) is 1.76. The van der Waals surface area contributed by atoms with Crippen LogP contribution in [-0.2, 0) is 0 Å². The highest BCUT2D eigenvalue weighted by Gasteiger charge is 2.30. The number of unbranched alkanes of at least 4 members (excludes halogenated alkanes) is 1. The third-order valence-electron chi connectivity index (χ3n) is 5.54. The van der Waals surface area contributed by atoms with E-state index in [0.29, 0.717) is 0 Å². The van der Waals surface area contributed by atoms with Gasteiger partial charge < -0.3 is 10.2 Å². The molecule has 2 atom stereocenters. The van der Waals surface area contributed by atoms with Crippen LogP contribution in [-0.4, -0.2) is 36.6 Å². The Morgan fingerprint density at radius 1 is 1.05 bits per heavy atom. The van der Waals surface area contributed by atoms with Crippen LogP contribution in [0.4, 0.5) is 0 Å². The van der Waals surface area contributed by atoms with Crippen LogP contribution in [0.2, 0.25) is 0 Å². The van der Waals surface area contributed by atoms with Gasteiger partial charge in [-0.15, -0.1) is 0 Å². The number of hydrogen-bond acceptors (Lipinski definition) is 2. The highest BCUT2D eigenvalue weighted by atomic mass is 15.1. The summed E-state index contributed by atoms with van der Waals surface area (Å²) in [5, 5.41) is 4.04. The van der Waals surface area contributed by atoms with Gasteiger partial charge in [-0.1, -0.05) is 40.0 Å². The standard InChI is InChI=1S/C18H36N2/c1-4-5-12-20-13-10-16(11-14-20)19-18-9-7-6-8-17(18)15(2)3/h15-19H,4-14H2,1-3H3. The molecule has 118 valence electrons. The molecule has 2 heteroatoms. The van der Waals surface area contributed by atoms with Crippen molar-refractivity contribution in [3.8, 4) is 0 Å². The van der Waals surface area contributed by atoms with Gasteiger partial charge in [-0.05, 0) is 63.6 Å². The molecule has 1 aliphatic carbocycles. The van der Waals surface area contributed by atoms with E-state index in [4.69, 9.17) is 0 Å². The number of nitrogens with zero attached hydrogens (tertiary/aromatic N) is 1. The van der Waals surface area contributed by atoms with Crippen LogP contribution in [0, 0.1) is 11.8 Å². The predicted octanol–water partition coefficient (Wildman–Crippen LogP) is 4.06. The van der Waals surface area contributed by atoms with Gasteiger partial charge in [0.25, 0.3) is 0 Å². The summed E-state index contributed by atoms with van der Waals surface area (Å²) in [5.41, 5.74) is 0. The first kappa shape index (κ1) is 16.3. The second kappa shape index (κ2) is 8.38. The van der Waals surface area contributed by atoms with E-state index in [1.54, 1.807) is 0 Å². The van der Waals surface area contributed by atoms with Crippen LogP contribution >= 0.6 is 0 Å². The van der Waals surface area contributed by atoms with Gasteiger partial charge >= 0.3 is 0 Å². The molecule has 1 saturated heterocycles.